The molecule has 0 bridgehead atoms. The van der Waals surface area contributed by atoms with Crippen molar-refractivity contribution in [1.29, 1.82) is 0 Å². The topological polar surface area (TPSA) is 104 Å². The highest BCUT2D eigenvalue weighted by Crippen LogP contribution is 2.66. The molecule has 43 heavy (non-hydrogen) atoms. The van der Waals surface area contributed by atoms with Crippen molar-refractivity contribution in [3.8, 4) is 11.5 Å². The standard InChI is InChI=1S/C28H19Cl2F5N2O6/c1-36-23(39)12-6-5-10-13(15(12)24(36)40)8-27(29)25(41)37(22-20(34)18(32)17(31)19(33)21(22)35)26(42)28(27,30)16(10)11-4-3-9(38)7-14(11)43-2/h3-5,7,12-13,15-16,38H,6,8H2,1-2H3. The van der Waals surface area contributed by atoms with Gasteiger partial charge in [0.15, 0.2) is 33.0 Å². The van der Waals surface area contributed by atoms with Crippen molar-refractivity contribution in [1.82, 2.24) is 4.90 Å². The number of ether oxygens (including phenoxy) is 1. The molecule has 15 heteroatoms. The third kappa shape index (κ3) is 3.48. The molecule has 2 aromatic carbocycles. The molecule has 6 atom stereocenters. The molecule has 2 aromatic rings. The number of hydrogen-bond acceptors (Lipinski definition) is 6. The summed E-state index contributed by atoms with van der Waals surface area (Å²) in [5.74, 6) is -21.3. The number of amides is 4. The summed E-state index contributed by atoms with van der Waals surface area (Å²) in [6.07, 6.45) is 0.978. The lowest BCUT2D eigenvalue weighted by Gasteiger charge is -2.50. The van der Waals surface area contributed by atoms with Gasteiger partial charge in [-0.15, -0.1) is 23.2 Å². The summed E-state index contributed by atoms with van der Waals surface area (Å²) >= 11 is 14.0. The van der Waals surface area contributed by atoms with Crippen LogP contribution in [0.25, 0.3) is 0 Å². The number of aromatic hydroxyl groups is 1. The Morgan fingerprint density at radius 2 is 1.51 bits per heavy atom. The van der Waals surface area contributed by atoms with E-state index in [0.717, 1.165) is 11.0 Å². The third-order valence-corrected chi connectivity index (χ3v) is 10.4. The number of halogens is 7. The number of anilines is 1. The van der Waals surface area contributed by atoms with E-state index >= 15 is 8.78 Å². The van der Waals surface area contributed by atoms with Crippen LogP contribution in [0.5, 0.6) is 11.5 Å². The Hall–Kier alpha value is -3.71. The summed E-state index contributed by atoms with van der Waals surface area (Å²) in [5, 5.41) is 10.1. The highest BCUT2D eigenvalue weighted by atomic mass is 35.5. The molecule has 1 saturated carbocycles. The molecule has 4 amide bonds. The van der Waals surface area contributed by atoms with Crippen molar-refractivity contribution >= 4 is 52.5 Å². The summed E-state index contributed by atoms with van der Waals surface area (Å²) in [5.41, 5.74) is -1.53. The SMILES string of the molecule is COc1cc(O)ccc1C1C2=CCC3C(=O)N(C)C(=O)C3C2CC2(Cl)C(=O)N(c3c(F)c(F)c(F)c(F)c3F)C(=O)C12Cl. The molecular formula is C28H19Cl2F5N2O6. The molecule has 3 fully saturated rings. The molecule has 2 aliphatic carbocycles. The lowest BCUT2D eigenvalue weighted by Crippen LogP contribution is -2.60. The second kappa shape index (κ2) is 9.39. The number of phenolic OH excluding ortho intramolecular Hbond substituents is 1. The van der Waals surface area contributed by atoms with Gasteiger partial charge in [-0.3, -0.25) is 24.1 Å². The maximum absolute atomic E-state index is 15.0. The number of rotatable bonds is 3. The van der Waals surface area contributed by atoms with Crippen LogP contribution >= 0.6 is 23.2 Å². The Morgan fingerprint density at radius 1 is 0.907 bits per heavy atom. The molecule has 0 radical (unpaired) electrons. The zero-order valence-corrected chi connectivity index (χ0v) is 23.6. The van der Waals surface area contributed by atoms with E-state index in [0.29, 0.717) is 0 Å². The highest BCUT2D eigenvalue weighted by molar-refractivity contribution is 6.58. The molecule has 2 heterocycles. The fourth-order valence-electron chi connectivity index (χ4n) is 7.01. The zero-order valence-electron chi connectivity index (χ0n) is 22.1. The number of phenols is 1. The predicted octanol–water partition coefficient (Wildman–Crippen LogP) is 4.29. The number of benzene rings is 2. The van der Waals surface area contributed by atoms with E-state index in [-0.39, 0.29) is 34.0 Å². The fraction of sp³-hybridized carbons (Fsp3) is 0.357. The number of methoxy groups -OCH3 is 1. The average molecular weight is 645 g/mol. The van der Waals surface area contributed by atoms with E-state index in [2.05, 4.69) is 0 Å². The molecule has 2 aliphatic heterocycles. The van der Waals surface area contributed by atoms with E-state index in [1.165, 1.54) is 26.3 Å². The number of allylic oxidation sites excluding steroid dienone is 2. The molecule has 6 rings (SSSR count). The first-order valence-corrected chi connectivity index (χ1v) is 13.6. The summed E-state index contributed by atoms with van der Waals surface area (Å²) in [6, 6.07) is 3.65. The minimum Gasteiger partial charge on any atom is -0.508 e. The first-order valence-electron chi connectivity index (χ1n) is 12.8. The second-order valence-electron chi connectivity index (χ2n) is 10.9. The number of hydrogen-bond donors (Lipinski definition) is 1. The average Bonchev–Trinajstić information content (AvgIpc) is 3.29. The van der Waals surface area contributed by atoms with Gasteiger partial charge in [0, 0.05) is 24.6 Å². The Bertz CT molecular complexity index is 1690. The van der Waals surface area contributed by atoms with Gasteiger partial charge in [-0.05, 0) is 24.8 Å². The van der Waals surface area contributed by atoms with Gasteiger partial charge in [0.1, 0.15) is 17.2 Å². The number of nitrogens with zero attached hydrogens (tertiary/aromatic N) is 2. The summed E-state index contributed by atoms with van der Waals surface area (Å²) in [4.78, 5) is 49.7. The lowest BCUT2D eigenvalue weighted by molar-refractivity contribution is -0.138. The second-order valence-corrected chi connectivity index (χ2v) is 12.1. The van der Waals surface area contributed by atoms with Crippen LogP contribution in [-0.4, -0.2) is 57.5 Å². The first kappa shape index (κ1) is 29.4. The minimum absolute atomic E-state index is 0.0219. The van der Waals surface area contributed by atoms with Crippen molar-refractivity contribution in [3.63, 3.8) is 0 Å². The van der Waals surface area contributed by atoms with Crippen LogP contribution in [0.4, 0.5) is 27.6 Å². The van der Waals surface area contributed by atoms with Gasteiger partial charge in [0.2, 0.25) is 17.6 Å². The maximum atomic E-state index is 15.0. The lowest BCUT2D eigenvalue weighted by atomic mass is 9.56. The normalized spacial score (nSPS) is 31.7. The molecule has 2 saturated heterocycles. The largest absolute Gasteiger partial charge is 0.508 e. The van der Waals surface area contributed by atoms with Gasteiger partial charge in [0.05, 0.1) is 18.9 Å². The van der Waals surface area contributed by atoms with Crippen LogP contribution in [0.3, 0.4) is 0 Å². The van der Waals surface area contributed by atoms with E-state index in [4.69, 9.17) is 27.9 Å². The van der Waals surface area contributed by atoms with Crippen molar-refractivity contribution in [2.45, 2.75) is 28.5 Å². The van der Waals surface area contributed by atoms with Crippen LogP contribution in [0.1, 0.15) is 24.3 Å². The van der Waals surface area contributed by atoms with Gasteiger partial charge < -0.3 is 9.84 Å². The number of carbonyl (C=O) groups excluding carboxylic acids is 4. The number of alkyl halides is 2. The Morgan fingerprint density at radius 3 is 2.12 bits per heavy atom. The summed E-state index contributed by atoms with van der Waals surface area (Å²) in [7, 11) is 2.50. The van der Waals surface area contributed by atoms with Crippen molar-refractivity contribution in [2.75, 3.05) is 19.1 Å². The van der Waals surface area contributed by atoms with Gasteiger partial charge >= 0.3 is 0 Å². The van der Waals surface area contributed by atoms with Crippen LogP contribution in [-0.2, 0) is 19.2 Å². The predicted molar refractivity (Wildman–Crippen MR) is 139 cm³/mol. The maximum Gasteiger partial charge on any atom is 0.258 e. The third-order valence-electron chi connectivity index (χ3n) is 8.97. The minimum atomic E-state index is -2.68. The van der Waals surface area contributed by atoms with Gasteiger partial charge in [0.25, 0.3) is 11.8 Å². The Kier molecular flexibility index (Phi) is 6.41. The monoisotopic (exact) mass is 644 g/mol. The number of carbonyl (C=O) groups is 4. The molecule has 0 aromatic heterocycles. The zero-order chi connectivity index (χ0) is 31.5. The first-order chi connectivity index (χ1) is 20.1. The molecular weight excluding hydrogens is 626 g/mol. The van der Waals surface area contributed by atoms with Gasteiger partial charge in [-0.2, -0.15) is 0 Å². The molecule has 4 aliphatic rings. The molecule has 226 valence electrons. The van der Waals surface area contributed by atoms with E-state index in [1.54, 1.807) is 6.08 Å². The van der Waals surface area contributed by atoms with Crippen molar-refractivity contribution in [2.24, 2.45) is 17.8 Å². The van der Waals surface area contributed by atoms with Gasteiger partial charge in [-0.1, -0.05) is 17.7 Å². The Labute approximate surface area is 249 Å². The summed E-state index contributed by atoms with van der Waals surface area (Å²) in [6.45, 7) is 0. The molecule has 6 unspecified atom stereocenters. The van der Waals surface area contributed by atoms with Crippen LogP contribution in [0.2, 0.25) is 0 Å². The molecule has 8 nitrogen and oxygen atoms in total. The van der Waals surface area contributed by atoms with Crippen LogP contribution < -0.4 is 9.64 Å². The smallest absolute Gasteiger partial charge is 0.258 e. The fourth-order valence-corrected chi connectivity index (χ4v) is 7.93. The quantitative estimate of drug-likeness (QED) is 0.134. The van der Waals surface area contributed by atoms with E-state index < -0.39 is 98.2 Å². The highest BCUT2D eigenvalue weighted by Gasteiger charge is 2.77. The number of imide groups is 2. The van der Waals surface area contributed by atoms with E-state index in [9.17, 15) is 37.5 Å². The Balaban J connectivity index is 1.64. The van der Waals surface area contributed by atoms with Gasteiger partial charge in [-0.25, -0.2) is 26.9 Å². The number of fused-ring (bicyclic) bond motifs is 4. The van der Waals surface area contributed by atoms with Crippen molar-refractivity contribution in [3.05, 3.63) is 64.5 Å². The van der Waals surface area contributed by atoms with Crippen molar-refractivity contribution < 1.29 is 51.0 Å². The molecule has 0 spiro atoms. The molecule has 1 N–H and O–H groups in total. The van der Waals surface area contributed by atoms with Crippen LogP contribution in [0.15, 0.2) is 29.8 Å². The van der Waals surface area contributed by atoms with E-state index in [1.807, 2.05) is 0 Å². The summed E-state index contributed by atoms with van der Waals surface area (Å²) < 4.78 is 77.8. The number of likely N-dealkylation sites (tertiary alicyclic amines) is 1. The van der Waals surface area contributed by atoms with Crippen LogP contribution in [0, 0.1) is 46.8 Å².